The van der Waals surface area contributed by atoms with Gasteiger partial charge in [0.2, 0.25) is 0 Å². The summed E-state index contributed by atoms with van der Waals surface area (Å²) in [5.74, 6) is 1.38. The van der Waals surface area contributed by atoms with E-state index < -0.39 is 0 Å². The lowest BCUT2D eigenvalue weighted by atomic mass is 10.1. The number of carbonyl (C=O) groups excluding carboxylic acids is 1. The van der Waals surface area contributed by atoms with Crippen LogP contribution in [0.4, 0.5) is 17.3 Å². The number of fused-ring (bicyclic) bond motifs is 2. The third kappa shape index (κ3) is 4.46. The average Bonchev–Trinajstić information content (AvgIpc) is 3.59. The van der Waals surface area contributed by atoms with Crippen LogP contribution in [0, 0.1) is 6.92 Å². The molecule has 1 fully saturated rings. The van der Waals surface area contributed by atoms with Crippen LogP contribution in [-0.2, 0) is 6.54 Å². The lowest BCUT2D eigenvalue weighted by Crippen LogP contribution is -2.12. The number of nitrogens with zero attached hydrogens (tertiary/aromatic N) is 7. The topological polar surface area (TPSA) is 123 Å². The molecule has 0 radical (unpaired) electrons. The first kappa shape index (κ1) is 23.4. The van der Waals surface area contributed by atoms with Gasteiger partial charge in [0.05, 0.1) is 44.9 Å². The van der Waals surface area contributed by atoms with Crippen LogP contribution in [0.3, 0.4) is 0 Å². The van der Waals surface area contributed by atoms with Gasteiger partial charge in [-0.25, -0.2) is 19.9 Å². The van der Waals surface area contributed by atoms with Gasteiger partial charge in [-0.3, -0.25) is 14.5 Å². The summed E-state index contributed by atoms with van der Waals surface area (Å²) in [4.78, 5) is 35.2. The van der Waals surface area contributed by atoms with Crippen molar-refractivity contribution in [3.63, 3.8) is 0 Å². The van der Waals surface area contributed by atoms with Crippen molar-refractivity contribution >= 4 is 55.7 Å². The maximum absolute atomic E-state index is 13.6. The van der Waals surface area contributed by atoms with Crippen molar-refractivity contribution in [2.24, 2.45) is 0 Å². The lowest BCUT2D eigenvalue weighted by Gasteiger charge is -2.08. The highest BCUT2D eigenvalue weighted by atomic mass is 32.1. The number of nitrogens with one attached hydrogen (secondary N) is 2. The van der Waals surface area contributed by atoms with Crippen molar-refractivity contribution in [2.45, 2.75) is 32.2 Å². The Bertz CT molecular complexity index is 1840. The van der Waals surface area contributed by atoms with Gasteiger partial charge in [0.15, 0.2) is 5.82 Å². The molecule has 1 saturated carbocycles. The molecule has 10 nitrogen and oxygen atoms in total. The van der Waals surface area contributed by atoms with Crippen LogP contribution < -0.4 is 10.6 Å². The van der Waals surface area contributed by atoms with E-state index >= 15 is 0 Å². The molecule has 1 amide bonds. The van der Waals surface area contributed by atoms with Gasteiger partial charge < -0.3 is 10.6 Å². The Morgan fingerprint density at radius 3 is 2.79 bits per heavy atom. The van der Waals surface area contributed by atoms with Crippen LogP contribution in [0.5, 0.6) is 0 Å². The first-order valence-corrected chi connectivity index (χ1v) is 13.5. The quantitative estimate of drug-likeness (QED) is 0.277. The van der Waals surface area contributed by atoms with Crippen molar-refractivity contribution in [2.75, 3.05) is 10.6 Å². The van der Waals surface area contributed by atoms with E-state index in [1.54, 1.807) is 12.3 Å². The molecule has 5 heterocycles. The second kappa shape index (κ2) is 9.52. The summed E-state index contributed by atoms with van der Waals surface area (Å²) in [6.07, 6.45) is 6.77. The highest BCUT2D eigenvalue weighted by Gasteiger charge is 2.31. The van der Waals surface area contributed by atoms with Gasteiger partial charge in [0.25, 0.3) is 5.91 Å². The number of thiophene rings is 1. The zero-order valence-corrected chi connectivity index (χ0v) is 21.8. The SMILES string of the molecule is Cc1cccc(Cn2nc(C3CC3)c3c(NC(=O)c4csc5c(Nc6ccncn6)ncnc45)cccc32)n1. The third-order valence-corrected chi connectivity index (χ3v) is 7.68. The van der Waals surface area contributed by atoms with E-state index in [1.807, 2.05) is 47.3 Å². The molecule has 0 spiro atoms. The Kier molecular flexibility index (Phi) is 5.70. The van der Waals surface area contributed by atoms with Gasteiger partial charge in [0, 0.05) is 28.6 Å². The molecule has 2 N–H and O–H groups in total. The van der Waals surface area contributed by atoms with Gasteiger partial charge in [-0.15, -0.1) is 11.3 Å². The summed E-state index contributed by atoms with van der Waals surface area (Å²) in [6, 6.07) is 13.7. The molecule has 1 aliphatic rings. The second-order valence-corrected chi connectivity index (χ2v) is 10.4. The second-order valence-electron chi connectivity index (χ2n) is 9.51. The highest BCUT2D eigenvalue weighted by Crippen LogP contribution is 2.44. The molecular formula is C28H23N9OS. The van der Waals surface area contributed by atoms with E-state index in [0.29, 0.717) is 35.2 Å². The third-order valence-electron chi connectivity index (χ3n) is 6.70. The van der Waals surface area contributed by atoms with Gasteiger partial charge in [-0.2, -0.15) is 5.10 Å². The number of benzene rings is 1. The Hall–Kier alpha value is -4.77. The molecule has 5 aromatic heterocycles. The zero-order chi connectivity index (χ0) is 26.3. The van der Waals surface area contributed by atoms with Gasteiger partial charge in [-0.1, -0.05) is 12.1 Å². The van der Waals surface area contributed by atoms with Crippen molar-refractivity contribution < 1.29 is 4.79 Å². The summed E-state index contributed by atoms with van der Waals surface area (Å²) >= 11 is 1.41. The maximum atomic E-state index is 13.6. The molecule has 192 valence electrons. The molecule has 0 aliphatic heterocycles. The average molecular weight is 534 g/mol. The van der Waals surface area contributed by atoms with Gasteiger partial charge in [-0.05, 0) is 50.1 Å². The Balaban J connectivity index is 1.23. The summed E-state index contributed by atoms with van der Waals surface area (Å²) < 4.78 is 2.77. The highest BCUT2D eigenvalue weighted by molar-refractivity contribution is 7.18. The molecule has 39 heavy (non-hydrogen) atoms. The van der Waals surface area contributed by atoms with Crippen LogP contribution >= 0.6 is 11.3 Å². The Morgan fingerprint density at radius 2 is 1.97 bits per heavy atom. The number of amides is 1. The Morgan fingerprint density at radius 1 is 1.08 bits per heavy atom. The molecule has 0 atom stereocenters. The monoisotopic (exact) mass is 533 g/mol. The smallest absolute Gasteiger partial charge is 0.258 e. The summed E-state index contributed by atoms with van der Waals surface area (Å²) in [7, 11) is 0. The number of pyridine rings is 1. The minimum atomic E-state index is -0.227. The van der Waals surface area contributed by atoms with Crippen LogP contribution in [0.2, 0.25) is 0 Å². The summed E-state index contributed by atoms with van der Waals surface area (Å²) in [6.45, 7) is 2.55. The number of rotatable bonds is 7. The molecule has 0 unspecified atom stereocenters. The molecule has 11 heteroatoms. The lowest BCUT2D eigenvalue weighted by molar-refractivity contribution is 0.102. The van der Waals surface area contributed by atoms with Crippen LogP contribution in [0.1, 0.15) is 46.2 Å². The number of carbonyl (C=O) groups is 1. The van der Waals surface area contributed by atoms with E-state index in [2.05, 4.69) is 41.6 Å². The van der Waals surface area contributed by atoms with E-state index in [1.165, 1.54) is 24.0 Å². The van der Waals surface area contributed by atoms with Crippen molar-refractivity contribution in [1.29, 1.82) is 0 Å². The number of aromatic nitrogens is 7. The number of hydrogen-bond donors (Lipinski definition) is 2. The van der Waals surface area contributed by atoms with Crippen LogP contribution in [0.25, 0.3) is 21.1 Å². The fraction of sp³-hybridized carbons (Fsp3) is 0.179. The van der Waals surface area contributed by atoms with E-state index in [4.69, 9.17) is 5.10 Å². The number of anilines is 3. The first-order valence-electron chi connectivity index (χ1n) is 12.6. The normalized spacial score (nSPS) is 13.2. The fourth-order valence-corrected chi connectivity index (χ4v) is 5.69. The molecular weight excluding hydrogens is 510 g/mol. The summed E-state index contributed by atoms with van der Waals surface area (Å²) in [5.41, 5.74) is 5.75. The fourth-order valence-electron chi connectivity index (χ4n) is 4.74. The van der Waals surface area contributed by atoms with E-state index in [0.717, 1.165) is 51.2 Å². The van der Waals surface area contributed by atoms with Crippen molar-refractivity contribution in [3.05, 3.63) is 89.3 Å². The maximum Gasteiger partial charge on any atom is 0.258 e. The molecule has 1 aliphatic carbocycles. The van der Waals surface area contributed by atoms with Crippen LogP contribution in [-0.4, -0.2) is 40.6 Å². The first-order chi connectivity index (χ1) is 19.1. The summed E-state index contributed by atoms with van der Waals surface area (Å²) in [5, 5.41) is 14.1. The zero-order valence-electron chi connectivity index (χ0n) is 21.0. The van der Waals surface area contributed by atoms with Gasteiger partial charge >= 0.3 is 0 Å². The standard InChI is InChI=1S/C28H23N9OS/c1-16-4-2-5-18(33-16)12-37-21-7-3-6-20(23(21)24(36-37)17-8-9-17)34-28(38)19-13-39-26-25(19)31-15-32-27(26)35-22-10-11-29-14-30-22/h2-7,10-11,13-15,17H,8-9,12H2,1H3,(H,34,38)(H,29,30,31,32,35). The van der Waals surface area contributed by atoms with Crippen LogP contribution in [0.15, 0.2) is 66.7 Å². The predicted octanol–water partition coefficient (Wildman–Crippen LogP) is 5.46. The van der Waals surface area contributed by atoms with Crippen molar-refractivity contribution in [3.8, 4) is 0 Å². The molecule has 1 aromatic carbocycles. The predicted molar refractivity (Wildman–Crippen MR) is 150 cm³/mol. The van der Waals surface area contributed by atoms with E-state index in [9.17, 15) is 4.79 Å². The number of hydrogen-bond acceptors (Lipinski definition) is 9. The molecule has 0 saturated heterocycles. The minimum absolute atomic E-state index is 0.227. The largest absolute Gasteiger partial charge is 0.324 e. The minimum Gasteiger partial charge on any atom is -0.324 e. The molecule has 0 bridgehead atoms. The van der Waals surface area contributed by atoms with Gasteiger partial charge in [0.1, 0.15) is 18.5 Å². The molecule has 7 rings (SSSR count). The number of aryl methyl sites for hydroxylation is 1. The van der Waals surface area contributed by atoms with Crippen molar-refractivity contribution in [1.82, 2.24) is 34.7 Å². The molecule has 6 aromatic rings. The van der Waals surface area contributed by atoms with E-state index in [-0.39, 0.29) is 5.91 Å². The Labute approximate surface area is 227 Å².